The molecule has 164 valence electrons. The number of benzene rings is 1. The van der Waals surface area contributed by atoms with Crippen LogP contribution in [0.1, 0.15) is 56.5 Å². The maximum atomic E-state index is 12.6. The van der Waals surface area contributed by atoms with Gasteiger partial charge in [-0.15, -0.1) is 0 Å². The smallest absolute Gasteiger partial charge is 0.534 e. The minimum atomic E-state index is -1.34. The van der Waals surface area contributed by atoms with Crippen LogP contribution in [0, 0.1) is 5.41 Å². The first-order valence-corrected chi connectivity index (χ1v) is 9.76. The second kappa shape index (κ2) is 9.84. The molecule has 1 atom stereocenters. The Morgan fingerprint density at radius 1 is 1.27 bits per heavy atom. The molecule has 1 aliphatic heterocycles. The third kappa shape index (κ3) is 5.88. The molecule has 1 aromatic carbocycles. The summed E-state index contributed by atoms with van der Waals surface area (Å²) in [7, 11) is 0.109. The molecular formula is C20H28BNO8. The third-order valence-corrected chi connectivity index (χ3v) is 4.43. The molecule has 0 spiro atoms. The first-order chi connectivity index (χ1) is 14.1. The Labute approximate surface area is 176 Å². The van der Waals surface area contributed by atoms with Crippen LogP contribution in [0.15, 0.2) is 12.1 Å². The number of esters is 2. The van der Waals surface area contributed by atoms with E-state index in [4.69, 9.17) is 18.9 Å². The molecule has 0 radical (unpaired) electrons. The molecule has 0 saturated heterocycles. The first-order valence-electron chi connectivity index (χ1n) is 9.76. The summed E-state index contributed by atoms with van der Waals surface area (Å²) >= 11 is 0. The van der Waals surface area contributed by atoms with Crippen molar-refractivity contribution >= 4 is 25.0 Å². The van der Waals surface area contributed by atoms with Crippen molar-refractivity contribution in [2.75, 3.05) is 13.9 Å². The van der Waals surface area contributed by atoms with Crippen molar-refractivity contribution in [1.29, 1.82) is 0 Å². The summed E-state index contributed by atoms with van der Waals surface area (Å²) in [4.78, 5) is 36.3. The zero-order valence-electron chi connectivity index (χ0n) is 17.9. The van der Waals surface area contributed by atoms with Gasteiger partial charge in [-0.2, -0.15) is 0 Å². The fourth-order valence-electron chi connectivity index (χ4n) is 2.82. The number of nitrogens with one attached hydrogen (secondary N) is 1. The van der Waals surface area contributed by atoms with Crippen molar-refractivity contribution in [3.8, 4) is 11.5 Å². The number of methoxy groups -OCH3 is 1. The van der Waals surface area contributed by atoms with E-state index in [1.807, 2.05) is 6.92 Å². The van der Waals surface area contributed by atoms with Gasteiger partial charge < -0.3 is 29.2 Å². The maximum Gasteiger partial charge on any atom is 0.547 e. The second-order valence-electron chi connectivity index (χ2n) is 8.03. The van der Waals surface area contributed by atoms with E-state index in [1.54, 1.807) is 26.8 Å². The van der Waals surface area contributed by atoms with E-state index in [1.165, 1.54) is 13.2 Å². The molecule has 9 nitrogen and oxygen atoms in total. The van der Waals surface area contributed by atoms with E-state index >= 15 is 0 Å². The van der Waals surface area contributed by atoms with Crippen LogP contribution in [0.25, 0.3) is 0 Å². The zero-order chi connectivity index (χ0) is 22.5. The minimum absolute atomic E-state index is 0.0218. The summed E-state index contributed by atoms with van der Waals surface area (Å²) in [5, 5.41) is 13.0. The van der Waals surface area contributed by atoms with Crippen LogP contribution in [0.4, 0.5) is 0 Å². The van der Waals surface area contributed by atoms with E-state index in [0.29, 0.717) is 24.2 Å². The van der Waals surface area contributed by atoms with Gasteiger partial charge in [0, 0.05) is 6.42 Å². The number of carbonyl (C=O) groups excluding carboxylic acids is 3. The van der Waals surface area contributed by atoms with Gasteiger partial charge in [0.05, 0.1) is 18.5 Å². The van der Waals surface area contributed by atoms with Crippen LogP contribution < -0.4 is 14.7 Å². The molecule has 1 unspecified atom stereocenters. The summed E-state index contributed by atoms with van der Waals surface area (Å²) in [6.07, 6.45) is 1.25. The summed E-state index contributed by atoms with van der Waals surface area (Å²) in [5.41, 5.74) is -0.139. The van der Waals surface area contributed by atoms with E-state index in [0.717, 1.165) is 0 Å². The molecule has 2 N–H and O–H groups in total. The number of rotatable bonds is 7. The lowest BCUT2D eigenvalue weighted by Crippen LogP contribution is -2.53. The Balaban J connectivity index is 2.17. The van der Waals surface area contributed by atoms with Gasteiger partial charge in [0.25, 0.3) is 0 Å². The van der Waals surface area contributed by atoms with E-state index in [-0.39, 0.29) is 23.6 Å². The van der Waals surface area contributed by atoms with Crippen LogP contribution in [-0.2, 0) is 25.5 Å². The summed E-state index contributed by atoms with van der Waals surface area (Å²) in [6, 6.07) is 3.08. The number of hydrogen-bond donors (Lipinski definition) is 2. The lowest BCUT2D eigenvalue weighted by molar-refractivity contribution is -0.161. The van der Waals surface area contributed by atoms with Gasteiger partial charge in [-0.05, 0) is 51.3 Å². The number of fused-ring (bicyclic) bond motifs is 1. The average molecular weight is 421 g/mol. The number of amides is 1. The van der Waals surface area contributed by atoms with Crippen LogP contribution in [0.2, 0.25) is 0 Å². The van der Waals surface area contributed by atoms with Gasteiger partial charge in [0.1, 0.15) is 17.1 Å². The summed E-state index contributed by atoms with van der Waals surface area (Å²) in [6.45, 7) is 6.37. The highest BCUT2D eigenvalue weighted by molar-refractivity contribution is 6.47. The van der Waals surface area contributed by atoms with E-state index in [2.05, 4.69) is 5.32 Å². The molecule has 1 aromatic rings. The standard InChI is InChI=1S/C20H28BNO8/c1-6-7-16(23)22-15-9-12-8-13(27-5)10-14(17(12)30-21(15)26)18(24)28-11-29-19(25)20(2,3)4/h8,10,15,26H,6-7,9,11H2,1-5H3,(H,22,23). The zero-order valence-corrected chi connectivity index (χ0v) is 17.9. The van der Waals surface area contributed by atoms with Gasteiger partial charge in [-0.25, -0.2) is 4.79 Å². The molecule has 1 heterocycles. The van der Waals surface area contributed by atoms with Crippen LogP contribution in [0.3, 0.4) is 0 Å². The van der Waals surface area contributed by atoms with Crippen LogP contribution >= 0.6 is 0 Å². The Hall–Kier alpha value is -2.75. The van der Waals surface area contributed by atoms with Crippen molar-refractivity contribution in [2.45, 2.75) is 52.9 Å². The van der Waals surface area contributed by atoms with Gasteiger partial charge in [0.2, 0.25) is 12.7 Å². The van der Waals surface area contributed by atoms with Crippen molar-refractivity contribution < 1.29 is 38.3 Å². The molecule has 2 rings (SSSR count). The quantitative estimate of drug-likeness (QED) is 0.387. The molecule has 1 aliphatic rings. The first kappa shape index (κ1) is 23.5. The molecule has 0 aliphatic carbocycles. The fraction of sp³-hybridized carbons (Fsp3) is 0.550. The Kier molecular flexibility index (Phi) is 7.72. The summed E-state index contributed by atoms with van der Waals surface area (Å²) < 4.78 is 20.8. The predicted molar refractivity (Wildman–Crippen MR) is 108 cm³/mol. The Morgan fingerprint density at radius 2 is 1.97 bits per heavy atom. The van der Waals surface area contributed by atoms with Gasteiger partial charge in [-0.1, -0.05) is 6.92 Å². The number of carbonyl (C=O) groups is 3. The fourth-order valence-corrected chi connectivity index (χ4v) is 2.82. The maximum absolute atomic E-state index is 12.6. The van der Waals surface area contributed by atoms with Crippen molar-refractivity contribution in [1.82, 2.24) is 5.32 Å². The lowest BCUT2D eigenvalue weighted by Gasteiger charge is -2.29. The minimum Gasteiger partial charge on any atom is -0.534 e. The molecule has 0 bridgehead atoms. The average Bonchev–Trinajstić information content (AvgIpc) is 2.67. The normalized spacial score (nSPS) is 15.5. The van der Waals surface area contributed by atoms with E-state index < -0.39 is 37.2 Å². The van der Waals surface area contributed by atoms with Gasteiger partial charge in [0.15, 0.2) is 0 Å². The lowest BCUT2D eigenvalue weighted by atomic mass is 9.72. The topological polar surface area (TPSA) is 120 Å². The van der Waals surface area contributed by atoms with Crippen LogP contribution in [-0.4, -0.2) is 49.8 Å². The van der Waals surface area contributed by atoms with Crippen molar-refractivity contribution in [3.05, 3.63) is 23.3 Å². The largest absolute Gasteiger partial charge is 0.547 e. The molecule has 0 saturated carbocycles. The monoisotopic (exact) mass is 421 g/mol. The second-order valence-corrected chi connectivity index (χ2v) is 8.03. The van der Waals surface area contributed by atoms with Crippen LogP contribution in [0.5, 0.6) is 11.5 Å². The predicted octanol–water partition coefficient (Wildman–Crippen LogP) is 1.64. The molecule has 0 fully saturated rings. The molecule has 0 aromatic heterocycles. The molecule has 30 heavy (non-hydrogen) atoms. The number of ether oxygens (including phenoxy) is 3. The Morgan fingerprint density at radius 3 is 2.57 bits per heavy atom. The molecule has 1 amide bonds. The van der Waals surface area contributed by atoms with E-state index in [9.17, 15) is 19.4 Å². The highest BCUT2D eigenvalue weighted by Crippen LogP contribution is 2.34. The van der Waals surface area contributed by atoms with Crippen molar-refractivity contribution in [2.24, 2.45) is 5.41 Å². The molecular weight excluding hydrogens is 393 g/mol. The highest BCUT2D eigenvalue weighted by atomic mass is 16.7. The Bertz CT molecular complexity index is 805. The van der Waals surface area contributed by atoms with Gasteiger partial charge in [-0.3, -0.25) is 9.59 Å². The van der Waals surface area contributed by atoms with Crippen molar-refractivity contribution in [3.63, 3.8) is 0 Å². The highest BCUT2D eigenvalue weighted by Gasteiger charge is 2.38. The number of hydrogen-bond acceptors (Lipinski definition) is 8. The SMILES string of the molecule is CCCC(=O)NC1Cc2cc(OC)cc(C(=O)OCOC(=O)C(C)(C)C)c2OB1O. The summed E-state index contributed by atoms with van der Waals surface area (Å²) in [5.74, 6) is -1.66. The third-order valence-electron chi connectivity index (χ3n) is 4.43. The molecule has 10 heteroatoms. The van der Waals surface area contributed by atoms with Gasteiger partial charge >= 0.3 is 19.1 Å².